The normalized spacial score (nSPS) is 22.3. The molecule has 0 saturated carbocycles. The zero-order valence-electron chi connectivity index (χ0n) is 21.6. The number of tetrazole rings is 1. The minimum atomic E-state index is -0.783. The summed E-state index contributed by atoms with van der Waals surface area (Å²) >= 11 is 0. The van der Waals surface area contributed by atoms with E-state index in [1.807, 2.05) is 30.3 Å². The number of benzene rings is 1. The lowest BCUT2D eigenvalue weighted by molar-refractivity contribution is -0.135. The summed E-state index contributed by atoms with van der Waals surface area (Å²) in [7, 11) is 0. The third-order valence-electron chi connectivity index (χ3n) is 8.30. The van der Waals surface area contributed by atoms with Gasteiger partial charge in [0.05, 0.1) is 52.8 Å². The van der Waals surface area contributed by atoms with Crippen molar-refractivity contribution >= 4 is 28.5 Å². The van der Waals surface area contributed by atoms with Gasteiger partial charge in [0.25, 0.3) is 17.6 Å². The zero-order chi connectivity index (χ0) is 27.5. The van der Waals surface area contributed by atoms with E-state index in [0.717, 1.165) is 11.9 Å². The maximum atomic E-state index is 15.0. The summed E-state index contributed by atoms with van der Waals surface area (Å²) in [4.78, 5) is 38.1. The lowest BCUT2D eigenvalue weighted by Gasteiger charge is -2.57. The number of aromatic amines is 1. The van der Waals surface area contributed by atoms with Crippen LogP contribution in [0.5, 0.6) is 0 Å². The van der Waals surface area contributed by atoms with Crippen LogP contribution in [0.25, 0.3) is 22.4 Å². The number of piperazine rings is 1. The maximum absolute atomic E-state index is 15.0. The second kappa shape index (κ2) is 9.03. The number of aromatic nitrogens is 9. The first-order chi connectivity index (χ1) is 19.4. The number of carbonyl (C=O) groups is 2. The number of rotatable bonds is 5. The smallest absolute Gasteiger partial charge is 0.295 e. The van der Waals surface area contributed by atoms with Crippen LogP contribution in [0.3, 0.4) is 0 Å². The van der Waals surface area contributed by atoms with Crippen LogP contribution >= 0.6 is 0 Å². The van der Waals surface area contributed by atoms with Crippen LogP contribution in [0.2, 0.25) is 0 Å². The molecule has 1 N–H and O–H groups in total. The van der Waals surface area contributed by atoms with E-state index in [1.54, 1.807) is 15.8 Å². The maximum Gasteiger partial charge on any atom is 0.295 e. The SMILES string of the molecule is C[C@@H]1[C@@H](C)[C@H]2CN(C(=O)C(=O)c3c[nH]c4c(-n5ccnn5)ncc(F)c34)[C@@H]1CN2c1nnnn1-c1ccccc1. The summed E-state index contributed by atoms with van der Waals surface area (Å²) in [5.74, 6) is -0.977. The number of ketones is 1. The number of pyridine rings is 1. The van der Waals surface area contributed by atoms with Gasteiger partial charge >= 0.3 is 0 Å². The van der Waals surface area contributed by atoms with Gasteiger partial charge in [0.15, 0.2) is 11.6 Å². The molecule has 8 rings (SSSR count). The number of amides is 1. The highest BCUT2D eigenvalue weighted by atomic mass is 19.1. The molecular weight excluding hydrogens is 517 g/mol. The number of H-pyrrole nitrogens is 1. The van der Waals surface area contributed by atoms with E-state index >= 15 is 0 Å². The van der Waals surface area contributed by atoms with Crippen LogP contribution < -0.4 is 4.90 Å². The van der Waals surface area contributed by atoms with E-state index in [1.165, 1.54) is 17.1 Å². The number of fused-ring (bicyclic) bond motifs is 4. The van der Waals surface area contributed by atoms with E-state index in [-0.39, 0.29) is 46.2 Å². The molecule has 0 radical (unpaired) electrons. The molecule has 3 saturated heterocycles. The fourth-order valence-electron chi connectivity index (χ4n) is 6.05. The first kappa shape index (κ1) is 24.1. The van der Waals surface area contributed by atoms with E-state index < -0.39 is 17.5 Å². The number of halogens is 1. The molecule has 2 bridgehead atoms. The number of nitrogens with one attached hydrogen (secondary N) is 1. The summed E-state index contributed by atoms with van der Waals surface area (Å²) in [6, 6.07) is 9.22. The van der Waals surface area contributed by atoms with Gasteiger partial charge in [-0.3, -0.25) is 9.59 Å². The Morgan fingerprint density at radius 3 is 2.62 bits per heavy atom. The van der Waals surface area contributed by atoms with Crippen LogP contribution in [0.1, 0.15) is 24.2 Å². The van der Waals surface area contributed by atoms with Gasteiger partial charge in [-0.15, -0.1) is 5.10 Å². The Balaban J connectivity index is 1.20. The molecule has 1 amide bonds. The first-order valence-electron chi connectivity index (χ1n) is 12.9. The highest BCUT2D eigenvalue weighted by Gasteiger charge is 2.51. The van der Waals surface area contributed by atoms with E-state index in [0.29, 0.717) is 19.0 Å². The van der Waals surface area contributed by atoms with Crippen LogP contribution in [0, 0.1) is 17.7 Å². The Hall–Kier alpha value is -5.01. The quantitative estimate of drug-likeness (QED) is 0.260. The molecule has 7 heterocycles. The van der Waals surface area contributed by atoms with E-state index in [9.17, 15) is 14.0 Å². The highest BCUT2D eigenvalue weighted by molar-refractivity contribution is 6.45. The summed E-state index contributed by atoms with van der Waals surface area (Å²) in [5.41, 5.74) is 1.03. The molecule has 0 unspecified atom stereocenters. The van der Waals surface area contributed by atoms with Gasteiger partial charge in [-0.25, -0.2) is 14.1 Å². The number of para-hydroxylation sites is 1. The molecule has 0 aliphatic carbocycles. The standard InChI is InChI=1S/C26H24FN11O2/c1-14-15(2)20-12-35(19(14)13-36(20)26-31-32-34-38(26)16-6-4-3-5-7-16)25(40)23(39)17-10-28-22-21(17)18(27)11-29-24(22)37-9-8-30-33-37/h3-11,14-15,19-20,28H,12-13H2,1-2H3/t14-,15-,19-,20-/m1/s1. The van der Waals surface area contributed by atoms with Gasteiger partial charge in [0, 0.05) is 19.3 Å². The summed E-state index contributed by atoms with van der Waals surface area (Å²) in [6.45, 7) is 5.01. The molecule has 5 aromatic rings. The molecule has 3 fully saturated rings. The number of carbonyl (C=O) groups excluding carboxylic acids is 2. The molecule has 14 heteroatoms. The average Bonchev–Trinajstić information content (AvgIpc) is 3.76. The zero-order valence-corrected chi connectivity index (χ0v) is 21.6. The van der Waals surface area contributed by atoms with E-state index in [4.69, 9.17) is 0 Å². The molecule has 3 aliphatic heterocycles. The summed E-state index contributed by atoms with van der Waals surface area (Å²) in [6.07, 6.45) is 5.38. The molecular formula is C26H24FN11O2. The number of anilines is 1. The van der Waals surface area contributed by atoms with Crippen LogP contribution in [-0.2, 0) is 4.79 Å². The topological polar surface area (TPSA) is 144 Å². The molecule has 1 aromatic carbocycles. The fourth-order valence-corrected chi connectivity index (χ4v) is 6.05. The van der Waals surface area contributed by atoms with Crippen molar-refractivity contribution in [3.8, 4) is 11.5 Å². The molecule has 0 spiro atoms. The minimum absolute atomic E-state index is 0.00824. The number of nitrogens with zero attached hydrogens (tertiary/aromatic N) is 10. The predicted octanol–water partition coefficient (Wildman–Crippen LogP) is 1.81. The van der Waals surface area contributed by atoms with Crippen LogP contribution in [0.4, 0.5) is 10.3 Å². The summed E-state index contributed by atoms with van der Waals surface area (Å²) < 4.78 is 18.0. The Kier molecular flexibility index (Phi) is 5.43. The van der Waals surface area contributed by atoms with Crippen molar-refractivity contribution in [2.24, 2.45) is 11.8 Å². The first-order valence-corrected chi connectivity index (χ1v) is 12.9. The number of hydrogen-bond donors (Lipinski definition) is 1. The van der Waals surface area contributed by atoms with Crippen molar-refractivity contribution < 1.29 is 14.0 Å². The van der Waals surface area contributed by atoms with Crippen molar-refractivity contribution in [3.63, 3.8) is 0 Å². The van der Waals surface area contributed by atoms with E-state index in [2.05, 4.69) is 54.6 Å². The van der Waals surface area contributed by atoms with Crippen LogP contribution in [-0.4, -0.2) is 86.9 Å². The van der Waals surface area contributed by atoms with Gasteiger partial charge in [-0.2, -0.15) is 4.68 Å². The molecule has 202 valence electrons. The molecule has 3 aliphatic rings. The molecule has 4 aromatic heterocycles. The summed E-state index contributed by atoms with van der Waals surface area (Å²) in [5, 5.41) is 20.1. The third-order valence-corrected chi connectivity index (χ3v) is 8.30. The van der Waals surface area contributed by atoms with Crippen molar-refractivity contribution in [3.05, 3.63) is 66.5 Å². The van der Waals surface area contributed by atoms with Crippen molar-refractivity contribution in [1.29, 1.82) is 0 Å². The third kappa shape index (κ3) is 3.52. The fraction of sp³-hybridized carbons (Fsp3) is 0.308. The van der Waals surface area contributed by atoms with Gasteiger partial charge in [0.1, 0.15) is 0 Å². The monoisotopic (exact) mass is 541 g/mol. The Bertz CT molecular complexity index is 1730. The van der Waals surface area contributed by atoms with Gasteiger partial charge in [0.2, 0.25) is 0 Å². The highest BCUT2D eigenvalue weighted by Crippen LogP contribution is 2.40. The second-order valence-corrected chi connectivity index (χ2v) is 10.2. The number of Topliss-reactive ketones (excluding diaryl/α,β-unsaturated/α-hetero) is 1. The Morgan fingerprint density at radius 2 is 1.85 bits per heavy atom. The van der Waals surface area contributed by atoms with Gasteiger partial charge < -0.3 is 14.8 Å². The van der Waals surface area contributed by atoms with Crippen molar-refractivity contribution in [1.82, 2.24) is 50.1 Å². The van der Waals surface area contributed by atoms with Crippen molar-refractivity contribution in [2.45, 2.75) is 25.9 Å². The predicted molar refractivity (Wildman–Crippen MR) is 139 cm³/mol. The average molecular weight is 542 g/mol. The number of hydrogen-bond acceptors (Lipinski definition) is 9. The number of piperidine rings is 2. The Morgan fingerprint density at radius 1 is 1.05 bits per heavy atom. The molecule has 4 atom stereocenters. The molecule has 40 heavy (non-hydrogen) atoms. The Labute approximate surface area is 226 Å². The molecule has 13 nitrogen and oxygen atoms in total. The second-order valence-electron chi connectivity index (χ2n) is 10.2. The van der Waals surface area contributed by atoms with Gasteiger partial charge in [-0.1, -0.05) is 42.4 Å². The minimum Gasteiger partial charge on any atom is -0.357 e. The van der Waals surface area contributed by atoms with Crippen LogP contribution in [0.15, 0.2) is 55.1 Å². The largest absolute Gasteiger partial charge is 0.357 e. The van der Waals surface area contributed by atoms with Crippen molar-refractivity contribution in [2.75, 3.05) is 18.0 Å². The lowest BCUT2D eigenvalue weighted by Crippen LogP contribution is -2.71. The van der Waals surface area contributed by atoms with Gasteiger partial charge in [-0.05, 0) is 34.4 Å². The lowest BCUT2D eigenvalue weighted by atomic mass is 9.74.